The van der Waals surface area contributed by atoms with Crippen LogP contribution < -0.4 is 10.6 Å². The first kappa shape index (κ1) is 27.7. The van der Waals surface area contributed by atoms with Crippen molar-refractivity contribution in [3.05, 3.63) is 65.3 Å². The summed E-state index contributed by atoms with van der Waals surface area (Å²) in [5, 5.41) is 6.09. The predicted molar refractivity (Wildman–Crippen MR) is 145 cm³/mol. The van der Waals surface area contributed by atoms with E-state index in [9.17, 15) is 18.4 Å². The molecule has 2 aromatic carbocycles. The maximum absolute atomic E-state index is 13.8. The van der Waals surface area contributed by atoms with Gasteiger partial charge in [0.05, 0.1) is 15.6 Å². The van der Waals surface area contributed by atoms with Crippen molar-refractivity contribution in [1.29, 1.82) is 0 Å². The molecule has 0 radical (unpaired) electrons. The summed E-state index contributed by atoms with van der Waals surface area (Å²) in [5.41, 5.74) is 0.901. The molecule has 10 heteroatoms. The van der Waals surface area contributed by atoms with Gasteiger partial charge < -0.3 is 15.4 Å². The Hall–Kier alpha value is -3.37. The van der Waals surface area contributed by atoms with Crippen LogP contribution in [0.15, 0.2) is 48.7 Å². The second kappa shape index (κ2) is 11.6. The van der Waals surface area contributed by atoms with E-state index in [1.54, 1.807) is 23.5 Å². The number of nitrogens with one attached hydrogen (secondary N) is 2. The van der Waals surface area contributed by atoms with E-state index in [1.165, 1.54) is 6.07 Å². The van der Waals surface area contributed by atoms with Crippen molar-refractivity contribution in [2.75, 3.05) is 23.7 Å². The molecule has 1 aliphatic heterocycles. The molecule has 1 unspecified atom stereocenters. The van der Waals surface area contributed by atoms with Crippen molar-refractivity contribution >= 4 is 34.7 Å². The number of ether oxygens (including phenoxy) is 1. The molecule has 202 valence electrons. The minimum Gasteiger partial charge on any atom is -0.459 e. The number of urea groups is 1. The van der Waals surface area contributed by atoms with Gasteiger partial charge in [-0.3, -0.25) is 9.69 Å². The summed E-state index contributed by atoms with van der Waals surface area (Å²) >= 11 is 1.65. The average molecular weight is 543 g/mol. The number of hydrogen-bond donors (Lipinski definition) is 2. The Morgan fingerprint density at radius 1 is 1.08 bits per heavy atom. The number of thiazole rings is 1. The van der Waals surface area contributed by atoms with E-state index >= 15 is 0 Å². The number of hydrogen-bond acceptors (Lipinski definition) is 6. The lowest BCUT2D eigenvalue weighted by atomic mass is 9.96. The summed E-state index contributed by atoms with van der Waals surface area (Å²) in [4.78, 5) is 32.5. The first-order valence-corrected chi connectivity index (χ1v) is 13.4. The third-order valence-corrected chi connectivity index (χ3v) is 7.51. The number of amides is 2. The molecule has 0 bridgehead atoms. The van der Waals surface area contributed by atoms with Crippen LogP contribution in [0, 0.1) is 11.6 Å². The zero-order chi connectivity index (χ0) is 27.4. The van der Waals surface area contributed by atoms with Crippen molar-refractivity contribution < 1.29 is 23.1 Å². The largest absolute Gasteiger partial charge is 0.459 e. The number of carbonyl (C=O) groups is 2. The van der Waals surface area contributed by atoms with E-state index in [-0.39, 0.29) is 17.7 Å². The van der Waals surface area contributed by atoms with Crippen molar-refractivity contribution in [2.24, 2.45) is 0 Å². The standard InChI is InChI=1S/C28H32F2N4O3S/c1-17(26(35)37-28(2,3)4)34-13-11-19(12-14-34)25-31-16-24(38-25)18-5-8-21(9-6-18)32-27(36)33-23-10-7-20(29)15-22(23)30/h5-10,15-17,19H,11-14H2,1-4H3,(H2,32,33,36). The maximum atomic E-state index is 13.8. The summed E-state index contributed by atoms with van der Waals surface area (Å²) in [6.07, 6.45) is 3.71. The minimum atomic E-state index is -0.847. The maximum Gasteiger partial charge on any atom is 0.323 e. The monoisotopic (exact) mass is 542 g/mol. The molecule has 4 rings (SSSR count). The van der Waals surface area contributed by atoms with Gasteiger partial charge in [-0.1, -0.05) is 12.1 Å². The van der Waals surface area contributed by atoms with Gasteiger partial charge in [0.2, 0.25) is 0 Å². The van der Waals surface area contributed by atoms with Crippen LogP contribution in [0.4, 0.5) is 25.0 Å². The molecular formula is C28H32F2N4O3S. The summed E-state index contributed by atoms with van der Waals surface area (Å²) in [6.45, 7) is 9.16. The van der Waals surface area contributed by atoms with Gasteiger partial charge in [-0.25, -0.2) is 18.6 Å². The van der Waals surface area contributed by atoms with E-state index in [2.05, 4.69) is 20.5 Å². The van der Waals surface area contributed by atoms with Crippen molar-refractivity contribution in [1.82, 2.24) is 9.88 Å². The number of piperidine rings is 1. The highest BCUT2D eigenvalue weighted by atomic mass is 32.1. The van der Waals surface area contributed by atoms with Gasteiger partial charge in [0.25, 0.3) is 0 Å². The number of benzene rings is 2. The number of aromatic nitrogens is 1. The highest BCUT2D eigenvalue weighted by molar-refractivity contribution is 7.15. The van der Waals surface area contributed by atoms with E-state index in [4.69, 9.17) is 4.74 Å². The zero-order valence-corrected chi connectivity index (χ0v) is 22.7. The fourth-order valence-corrected chi connectivity index (χ4v) is 5.37. The number of nitrogens with zero attached hydrogens (tertiary/aromatic N) is 2. The van der Waals surface area contributed by atoms with Crippen LogP contribution in [0.3, 0.4) is 0 Å². The Kier molecular flexibility index (Phi) is 8.42. The van der Waals surface area contributed by atoms with Gasteiger partial charge in [-0.2, -0.15) is 0 Å². The first-order valence-electron chi connectivity index (χ1n) is 12.5. The molecule has 2 heterocycles. The van der Waals surface area contributed by atoms with Crippen molar-refractivity contribution in [3.63, 3.8) is 0 Å². The van der Waals surface area contributed by atoms with Crippen LogP contribution >= 0.6 is 11.3 Å². The molecule has 1 saturated heterocycles. The number of anilines is 2. The van der Waals surface area contributed by atoms with Crippen molar-refractivity contribution in [3.8, 4) is 10.4 Å². The van der Waals surface area contributed by atoms with Gasteiger partial charge >= 0.3 is 12.0 Å². The molecule has 38 heavy (non-hydrogen) atoms. The quantitative estimate of drug-likeness (QED) is 0.341. The molecule has 1 atom stereocenters. The number of esters is 1. The molecule has 2 amide bonds. The Labute approximate surface area is 225 Å². The SMILES string of the molecule is CC(C(=O)OC(C)(C)C)N1CCC(c2ncc(-c3ccc(NC(=O)Nc4ccc(F)cc4F)cc3)s2)CC1. The summed E-state index contributed by atoms with van der Waals surface area (Å²) < 4.78 is 32.3. The van der Waals surface area contributed by atoms with Crippen LogP contribution in [0.2, 0.25) is 0 Å². The summed E-state index contributed by atoms with van der Waals surface area (Å²) in [7, 11) is 0. The van der Waals surface area contributed by atoms with Crippen LogP contribution in [0.25, 0.3) is 10.4 Å². The fraction of sp³-hybridized carbons (Fsp3) is 0.393. The summed E-state index contributed by atoms with van der Waals surface area (Å²) in [5.74, 6) is -1.41. The molecule has 0 spiro atoms. The smallest absolute Gasteiger partial charge is 0.323 e. The van der Waals surface area contributed by atoms with E-state index in [1.807, 2.05) is 46.0 Å². The van der Waals surface area contributed by atoms with Gasteiger partial charge in [0, 0.05) is 23.9 Å². The van der Waals surface area contributed by atoms with Gasteiger partial charge in [-0.05, 0) is 83.5 Å². The van der Waals surface area contributed by atoms with Crippen molar-refractivity contribution in [2.45, 2.75) is 58.1 Å². The molecule has 1 aromatic heterocycles. The second-order valence-electron chi connectivity index (χ2n) is 10.4. The number of rotatable bonds is 6. The normalized spacial score (nSPS) is 15.6. The van der Waals surface area contributed by atoms with E-state index in [0.29, 0.717) is 17.7 Å². The molecule has 0 aliphatic carbocycles. The van der Waals surface area contributed by atoms with Gasteiger partial charge in [-0.15, -0.1) is 11.3 Å². The molecule has 2 N–H and O–H groups in total. The minimum absolute atomic E-state index is 0.108. The molecule has 1 aliphatic rings. The summed E-state index contributed by atoms with van der Waals surface area (Å²) in [6, 6.07) is 9.33. The lowest BCUT2D eigenvalue weighted by Crippen LogP contribution is -2.45. The van der Waals surface area contributed by atoms with E-state index < -0.39 is 23.3 Å². The van der Waals surface area contributed by atoms with E-state index in [0.717, 1.165) is 47.4 Å². The average Bonchev–Trinajstić information content (AvgIpc) is 3.35. The van der Waals surface area contributed by atoms with Crippen LogP contribution in [-0.2, 0) is 9.53 Å². The molecule has 0 saturated carbocycles. The lowest BCUT2D eigenvalue weighted by Gasteiger charge is -2.35. The highest BCUT2D eigenvalue weighted by Gasteiger charge is 2.31. The Morgan fingerprint density at radius 2 is 1.76 bits per heavy atom. The lowest BCUT2D eigenvalue weighted by molar-refractivity contribution is -0.161. The van der Waals surface area contributed by atoms with Crippen LogP contribution in [-0.4, -0.2) is 46.6 Å². The number of carbonyl (C=O) groups excluding carboxylic acids is 2. The fourth-order valence-electron chi connectivity index (χ4n) is 4.27. The topological polar surface area (TPSA) is 83.6 Å². The highest BCUT2D eigenvalue weighted by Crippen LogP contribution is 2.35. The molecular weight excluding hydrogens is 510 g/mol. The van der Waals surface area contributed by atoms with Crippen LogP contribution in [0.5, 0.6) is 0 Å². The molecule has 1 fully saturated rings. The Bertz CT molecular complexity index is 1280. The third-order valence-electron chi connectivity index (χ3n) is 6.30. The first-order chi connectivity index (χ1) is 18.0. The molecule has 3 aromatic rings. The molecule has 7 nitrogen and oxygen atoms in total. The van der Waals surface area contributed by atoms with Crippen LogP contribution in [0.1, 0.15) is 51.5 Å². The Balaban J connectivity index is 1.30. The zero-order valence-electron chi connectivity index (χ0n) is 21.9. The second-order valence-corrected chi connectivity index (χ2v) is 11.4. The third kappa shape index (κ3) is 7.14. The van der Waals surface area contributed by atoms with Gasteiger partial charge in [0.1, 0.15) is 23.3 Å². The predicted octanol–water partition coefficient (Wildman–Crippen LogP) is 6.64. The number of halogens is 2. The van der Waals surface area contributed by atoms with Gasteiger partial charge in [0.15, 0.2) is 0 Å². The Morgan fingerprint density at radius 3 is 2.39 bits per heavy atom. The number of likely N-dealkylation sites (tertiary alicyclic amines) is 1.